The van der Waals surface area contributed by atoms with Crippen molar-refractivity contribution in [1.82, 2.24) is 9.55 Å². The monoisotopic (exact) mass is 165 g/mol. The van der Waals surface area contributed by atoms with Crippen LogP contribution in [0.2, 0.25) is 0 Å². The van der Waals surface area contributed by atoms with Gasteiger partial charge in [-0.1, -0.05) is 0 Å². The molecular weight excluding hydrogens is 159 g/mol. The standard InChI is InChI=1S/C5H6F3N3/c6-5(7,8)11-2-1-10-4(11)3-9/h1-2H,3,9H2. The molecule has 0 aliphatic heterocycles. The van der Waals surface area contributed by atoms with Crippen molar-refractivity contribution in [3.8, 4) is 0 Å². The highest BCUT2D eigenvalue weighted by atomic mass is 19.4. The fourth-order valence-corrected chi connectivity index (χ4v) is 0.716. The van der Waals surface area contributed by atoms with Gasteiger partial charge in [0.15, 0.2) is 0 Å². The van der Waals surface area contributed by atoms with E-state index >= 15 is 0 Å². The maximum atomic E-state index is 11.9. The zero-order valence-corrected chi connectivity index (χ0v) is 5.47. The van der Waals surface area contributed by atoms with E-state index in [1.54, 1.807) is 0 Å². The zero-order chi connectivity index (χ0) is 8.48. The molecule has 2 N–H and O–H groups in total. The highest BCUT2D eigenvalue weighted by Gasteiger charge is 2.32. The predicted octanol–water partition coefficient (Wildman–Crippen LogP) is 0.818. The van der Waals surface area contributed by atoms with Crippen LogP contribution in [0.15, 0.2) is 12.4 Å². The first-order valence-corrected chi connectivity index (χ1v) is 2.85. The third-order valence-electron chi connectivity index (χ3n) is 1.17. The molecule has 1 aromatic heterocycles. The van der Waals surface area contributed by atoms with Crippen molar-refractivity contribution in [3.63, 3.8) is 0 Å². The summed E-state index contributed by atoms with van der Waals surface area (Å²) < 4.78 is 35.9. The molecule has 0 spiro atoms. The van der Waals surface area contributed by atoms with Crippen LogP contribution in [0.25, 0.3) is 0 Å². The smallest absolute Gasteiger partial charge is 0.324 e. The molecule has 0 amide bonds. The van der Waals surface area contributed by atoms with E-state index in [4.69, 9.17) is 5.73 Å². The third kappa shape index (κ3) is 1.51. The van der Waals surface area contributed by atoms with Crippen molar-refractivity contribution < 1.29 is 13.2 Å². The molecule has 3 nitrogen and oxygen atoms in total. The van der Waals surface area contributed by atoms with Crippen molar-refractivity contribution >= 4 is 0 Å². The second kappa shape index (κ2) is 2.54. The van der Waals surface area contributed by atoms with Gasteiger partial charge in [-0.05, 0) is 0 Å². The molecule has 0 saturated heterocycles. The molecule has 0 aliphatic carbocycles. The summed E-state index contributed by atoms with van der Waals surface area (Å²) in [6.07, 6.45) is -2.51. The lowest BCUT2D eigenvalue weighted by Crippen LogP contribution is -2.20. The van der Waals surface area contributed by atoms with Gasteiger partial charge in [0.05, 0.1) is 6.54 Å². The lowest BCUT2D eigenvalue weighted by atomic mass is 10.6. The predicted molar refractivity (Wildman–Crippen MR) is 31.4 cm³/mol. The van der Waals surface area contributed by atoms with E-state index in [1.807, 2.05) is 0 Å². The van der Waals surface area contributed by atoms with Crippen LogP contribution >= 0.6 is 0 Å². The van der Waals surface area contributed by atoms with E-state index in [2.05, 4.69) is 4.98 Å². The van der Waals surface area contributed by atoms with Crippen LogP contribution in [-0.4, -0.2) is 9.55 Å². The van der Waals surface area contributed by atoms with Gasteiger partial charge in [-0.15, -0.1) is 13.2 Å². The number of nitrogens with two attached hydrogens (primary N) is 1. The Morgan fingerprint density at radius 2 is 2.18 bits per heavy atom. The first kappa shape index (κ1) is 8.06. The first-order valence-electron chi connectivity index (χ1n) is 2.85. The Morgan fingerprint density at radius 1 is 1.55 bits per heavy atom. The molecule has 0 unspecified atom stereocenters. The Bertz CT molecular complexity index is 239. The van der Waals surface area contributed by atoms with Crippen LogP contribution < -0.4 is 5.73 Å². The summed E-state index contributed by atoms with van der Waals surface area (Å²) in [5, 5.41) is 0. The van der Waals surface area contributed by atoms with Crippen molar-refractivity contribution in [1.29, 1.82) is 0 Å². The minimum atomic E-state index is -4.41. The topological polar surface area (TPSA) is 43.8 Å². The van der Waals surface area contributed by atoms with Crippen LogP contribution in [0, 0.1) is 0 Å². The molecule has 1 rings (SSSR count). The Hall–Kier alpha value is -1.04. The molecule has 6 heteroatoms. The highest BCUT2D eigenvalue weighted by Crippen LogP contribution is 2.22. The Morgan fingerprint density at radius 3 is 2.55 bits per heavy atom. The average Bonchev–Trinajstić information content (AvgIpc) is 2.31. The molecule has 0 atom stereocenters. The van der Waals surface area contributed by atoms with Crippen LogP contribution in [0.1, 0.15) is 5.82 Å². The largest absolute Gasteiger partial charge is 0.489 e. The lowest BCUT2D eigenvalue weighted by molar-refractivity contribution is -0.205. The third-order valence-corrected chi connectivity index (χ3v) is 1.17. The second-order valence-corrected chi connectivity index (χ2v) is 1.89. The molecule has 0 radical (unpaired) electrons. The summed E-state index contributed by atoms with van der Waals surface area (Å²) in [7, 11) is 0. The van der Waals surface area contributed by atoms with E-state index < -0.39 is 6.30 Å². The summed E-state index contributed by atoms with van der Waals surface area (Å²) >= 11 is 0. The van der Waals surface area contributed by atoms with Gasteiger partial charge in [0, 0.05) is 12.4 Å². The lowest BCUT2D eigenvalue weighted by Gasteiger charge is -2.08. The van der Waals surface area contributed by atoms with Gasteiger partial charge < -0.3 is 5.73 Å². The van der Waals surface area contributed by atoms with Crippen LogP contribution in [0.3, 0.4) is 0 Å². The minimum Gasteiger partial charge on any atom is -0.324 e. The van der Waals surface area contributed by atoms with Gasteiger partial charge >= 0.3 is 6.30 Å². The van der Waals surface area contributed by atoms with Crippen molar-refractivity contribution in [3.05, 3.63) is 18.2 Å². The molecule has 0 fully saturated rings. The minimum absolute atomic E-state index is 0.0903. The summed E-state index contributed by atoms with van der Waals surface area (Å²) in [6, 6.07) is 0. The quantitative estimate of drug-likeness (QED) is 0.669. The second-order valence-electron chi connectivity index (χ2n) is 1.89. The van der Waals surface area contributed by atoms with E-state index in [0.717, 1.165) is 12.4 Å². The molecule has 11 heavy (non-hydrogen) atoms. The number of nitrogens with zero attached hydrogens (tertiary/aromatic N) is 2. The molecule has 0 bridgehead atoms. The zero-order valence-electron chi connectivity index (χ0n) is 5.47. The van der Waals surface area contributed by atoms with Gasteiger partial charge in [0.2, 0.25) is 0 Å². The van der Waals surface area contributed by atoms with Gasteiger partial charge in [0.25, 0.3) is 0 Å². The maximum Gasteiger partial charge on any atom is 0.489 e. The number of alkyl halides is 3. The van der Waals surface area contributed by atoms with E-state index in [-0.39, 0.29) is 16.9 Å². The van der Waals surface area contributed by atoms with E-state index in [1.165, 1.54) is 0 Å². The normalized spacial score (nSPS) is 12.0. The SMILES string of the molecule is NCc1nccn1C(F)(F)F. The van der Waals surface area contributed by atoms with Crippen molar-refractivity contribution in [2.75, 3.05) is 0 Å². The Kier molecular flexibility index (Phi) is 1.86. The van der Waals surface area contributed by atoms with Crippen LogP contribution in [0.4, 0.5) is 13.2 Å². The van der Waals surface area contributed by atoms with Crippen LogP contribution in [-0.2, 0) is 12.8 Å². The molecule has 0 saturated carbocycles. The van der Waals surface area contributed by atoms with Crippen molar-refractivity contribution in [2.24, 2.45) is 5.73 Å². The average molecular weight is 165 g/mol. The highest BCUT2D eigenvalue weighted by molar-refractivity contribution is 4.92. The molecular formula is C5H6F3N3. The number of hydrogen-bond donors (Lipinski definition) is 1. The Balaban J connectivity index is 3.02. The fourth-order valence-electron chi connectivity index (χ4n) is 0.716. The van der Waals surface area contributed by atoms with Crippen molar-refractivity contribution in [2.45, 2.75) is 12.8 Å². The summed E-state index contributed by atoms with van der Waals surface area (Å²) in [4.78, 5) is 3.42. The van der Waals surface area contributed by atoms with Crippen LogP contribution in [0.5, 0.6) is 0 Å². The summed E-state index contributed by atoms with van der Waals surface area (Å²) in [5.74, 6) is -0.183. The summed E-state index contributed by atoms with van der Waals surface area (Å²) in [5.41, 5.74) is 5.01. The van der Waals surface area contributed by atoms with E-state index in [0.29, 0.717) is 0 Å². The number of aromatic nitrogens is 2. The van der Waals surface area contributed by atoms with E-state index in [9.17, 15) is 13.2 Å². The van der Waals surface area contributed by atoms with Gasteiger partial charge in [-0.2, -0.15) is 0 Å². The molecule has 0 aliphatic rings. The molecule has 62 valence electrons. The van der Waals surface area contributed by atoms with Gasteiger partial charge in [0.1, 0.15) is 5.82 Å². The number of imidazole rings is 1. The molecule has 1 aromatic rings. The fraction of sp³-hybridized carbons (Fsp3) is 0.400. The first-order chi connectivity index (χ1) is 5.05. The summed E-state index contributed by atoms with van der Waals surface area (Å²) in [6.45, 7) is -0.216. The number of halogens is 3. The van der Waals surface area contributed by atoms with Gasteiger partial charge in [-0.25, -0.2) is 9.55 Å². The molecule has 0 aromatic carbocycles. The number of rotatable bonds is 1. The number of hydrogen-bond acceptors (Lipinski definition) is 2. The molecule has 1 heterocycles. The van der Waals surface area contributed by atoms with Gasteiger partial charge in [-0.3, -0.25) is 0 Å². The Labute approximate surface area is 60.6 Å². The maximum absolute atomic E-state index is 11.9.